The topological polar surface area (TPSA) is 51.0 Å². The first-order valence-corrected chi connectivity index (χ1v) is 7.00. The van der Waals surface area contributed by atoms with E-state index < -0.39 is 0 Å². The van der Waals surface area contributed by atoms with Gasteiger partial charge in [-0.15, -0.1) is 0 Å². The standard InChI is InChI=1S/C15H11Cl2N3O/c1-18-11-5-2-9(3-6-11)15-19-14(20-21-15)10-4-7-12(16)13(17)8-10/h2-8,18H,1H3. The molecular weight excluding hydrogens is 309 g/mol. The lowest BCUT2D eigenvalue weighted by atomic mass is 10.2. The molecule has 2 aromatic carbocycles. The van der Waals surface area contributed by atoms with Crippen LogP contribution in [0.2, 0.25) is 10.0 Å². The van der Waals surface area contributed by atoms with Crippen molar-refractivity contribution >= 4 is 28.9 Å². The monoisotopic (exact) mass is 319 g/mol. The number of benzene rings is 2. The van der Waals surface area contributed by atoms with Crippen molar-refractivity contribution < 1.29 is 4.52 Å². The Morgan fingerprint density at radius 1 is 0.952 bits per heavy atom. The Labute approximate surface area is 131 Å². The summed E-state index contributed by atoms with van der Waals surface area (Å²) < 4.78 is 5.29. The highest BCUT2D eigenvalue weighted by molar-refractivity contribution is 6.42. The van der Waals surface area contributed by atoms with Gasteiger partial charge in [0.05, 0.1) is 10.0 Å². The smallest absolute Gasteiger partial charge is 0.258 e. The van der Waals surface area contributed by atoms with Crippen LogP contribution in [0.5, 0.6) is 0 Å². The first kappa shape index (κ1) is 13.9. The van der Waals surface area contributed by atoms with Crippen LogP contribution in [0.1, 0.15) is 0 Å². The Morgan fingerprint density at radius 2 is 1.67 bits per heavy atom. The third-order valence-corrected chi connectivity index (χ3v) is 3.76. The lowest BCUT2D eigenvalue weighted by Gasteiger charge is -1.99. The van der Waals surface area contributed by atoms with E-state index in [0.29, 0.717) is 21.8 Å². The molecule has 106 valence electrons. The fraction of sp³-hybridized carbons (Fsp3) is 0.0667. The predicted molar refractivity (Wildman–Crippen MR) is 84.7 cm³/mol. The summed E-state index contributed by atoms with van der Waals surface area (Å²) in [6.07, 6.45) is 0. The summed E-state index contributed by atoms with van der Waals surface area (Å²) in [6.45, 7) is 0. The Bertz CT molecular complexity index is 769. The Kier molecular flexibility index (Phi) is 3.82. The van der Waals surface area contributed by atoms with Crippen LogP contribution in [0.15, 0.2) is 47.0 Å². The average molecular weight is 320 g/mol. The molecule has 0 radical (unpaired) electrons. The van der Waals surface area contributed by atoms with Crippen molar-refractivity contribution in [2.24, 2.45) is 0 Å². The van der Waals surface area contributed by atoms with Crippen molar-refractivity contribution in [1.29, 1.82) is 0 Å². The Balaban J connectivity index is 1.93. The molecule has 0 aliphatic heterocycles. The average Bonchev–Trinajstić information content (AvgIpc) is 3.00. The number of hydrogen-bond donors (Lipinski definition) is 1. The summed E-state index contributed by atoms with van der Waals surface area (Å²) in [4.78, 5) is 4.38. The van der Waals surface area contributed by atoms with Gasteiger partial charge in [0.25, 0.3) is 5.89 Å². The normalized spacial score (nSPS) is 10.6. The van der Waals surface area contributed by atoms with E-state index in [0.717, 1.165) is 16.8 Å². The minimum Gasteiger partial charge on any atom is -0.388 e. The molecule has 0 fully saturated rings. The summed E-state index contributed by atoms with van der Waals surface area (Å²) in [7, 11) is 1.87. The molecule has 0 spiro atoms. The Hall–Kier alpha value is -2.04. The van der Waals surface area contributed by atoms with E-state index in [1.54, 1.807) is 18.2 Å². The van der Waals surface area contributed by atoms with Gasteiger partial charge in [-0.25, -0.2) is 0 Å². The number of anilines is 1. The molecule has 1 N–H and O–H groups in total. The first-order valence-electron chi connectivity index (χ1n) is 6.24. The minimum atomic E-state index is 0.457. The van der Waals surface area contributed by atoms with Gasteiger partial charge in [-0.2, -0.15) is 4.98 Å². The fourth-order valence-electron chi connectivity index (χ4n) is 1.87. The third-order valence-electron chi connectivity index (χ3n) is 3.02. The second-order valence-corrected chi connectivity index (χ2v) is 5.19. The molecule has 0 amide bonds. The Morgan fingerprint density at radius 3 is 2.33 bits per heavy atom. The maximum absolute atomic E-state index is 6.00. The number of aromatic nitrogens is 2. The van der Waals surface area contributed by atoms with Gasteiger partial charge in [0.2, 0.25) is 5.82 Å². The van der Waals surface area contributed by atoms with Crippen molar-refractivity contribution in [3.63, 3.8) is 0 Å². The van der Waals surface area contributed by atoms with Crippen molar-refractivity contribution in [2.75, 3.05) is 12.4 Å². The van der Waals surface area contributed by atoms with Gasteiger partial charge in [-0.3, -0.25) is 0 Å². The number of nitrogens with zero attached hydrogens (tertiary/aromatic N) is 2. The van der Waals surface area contributed by atoms with Crippen LogP contribution >= 0.6 is 23.2 Å². The van der Waals surface area contributed by atoms with E-state index >= 15 is 0 Å². The molecule has 0 saturated carbocycles. The van der Waals surface area contributed by atoms with E-state index in [1.165, 1.54) is 0 Å². The number of hydrogen-bond acceptors (Lipinski definition) is 4. The number of halogens is 2. The molecule has 0 unspecified atom stereocenters. The van der Waals surface area contributed by atoms with Crippen LogP contribution in [0.25, 0.3) is 22.8 Å². The molecule has 0 aliphatic rings. The van der Waals surface area contributed by atoms with E-state index in [4.69, 9.17) is 27.7 Å². The van der Waals surface area contributed by atoms with Crippen molar-refractivity contribution in [3.05, 3.63) is 52.5 Å². The van der Waals surface area contributed by atoms with Gasteiger partial charge in [-0.1, -0.05) is 28.4 Å². The summed E-state index contributed by atoms with van der Waals surface area (Å²) in [5, 5.41) is 7.98. The van der Waals surface area contributed by atoms with E-state index in [9.17, 15) is 0 Å². The van der Waals surface area contributed by atoms with Crippen molar-refractivity contribution in [1.82, 2.24) is 10.1 Å². The summed E-state index contributed by atoms with van der Waals surface area (Å²) >= 11 is 11.9. The van der Waals surface area contributed by atoms with Gasteiger partial charge >= 0.3 is 0 Å². The fourth-order valence-corrected chi connectivity index (χ4v) is 2.17. The van der Waals surface area contributed by atoms with Gasteiger partial charge in [0.15, 0.2) is 0 Å². The van der Waals surface area contributed by atoms with E-state index in [1.807, 2.05) is 31.3 Å². The van der Waals surface area contributed by atoms with Crippen LogP contribution in [-0.4, -0.2) is 17.2 Å². The molecule has 6 heteroatoms. The predicted octanol–water partition coefficient (Wildman–Crippen LogP) is 4.75. The zero-order valence-corrected chi connectivity index (χ0v) is 12.6. The molecule has 1 aromatic heterocycles. The maximum atomic E-state index is 6.00. The second-order valence-electron chi connectivity index (χ2n) is 4.38. The zero-order chi connectivity index (χ0) is 14.8. The summed E-state index contributed by atoms with van der Waals surface area (Å²) in [6, 6.07) is 12.9. The molecule has 1 heterocycles. The van der Waals surface area contributed by atoms with Crippen molar-refractivity contribution in [2.45, 2.75) is 0 Å². The highest BCUT2D eigenvalue weighted by Gasteiger charge is 2.11. The first-order chi connectivity index (χ1) is 10.2. The molecule has 4 nitrogen and oxygen atoms in total. The molecule has 3 rings (SSSR count). The number of rotatable bonds is 3. The quantitative estimate of drug-likeness (QED) is 0.756. The van der Waals surface area contributed by atoms with Crippen LogP contribution in [0.3, 0.4) is 0 Å². The van der Waals surface area contributed by atoms with Crippen LogP contribution in [0.4, 0.5) is 5.69 Å². The molecule has 0 bridgehead atoms. The largest absolute Gasteiger partial charge is 0.388 e. The van der Waals surface area contributed by atoms with Gasteiger partial charge < -0.3 is 9.84 Å². The van der Waals surface area contributed by atoms with Gasteiger partial charge in [0, 0.05) is 23.9 Å². The molecule has 0 atom stereocenters. The van der Waals surface area contributed by atoms with Crippen LogP contribution in [0, 0.1) is 0 Å². The summed E-state index contributed by atoms with van der Waals surface area (Å²) in [5.41, 5.74) is 2.63. The van der Waals surface area contributed by atoms with Gasteiger partial charge in [0.1, 0.15) is 0 Å². The van der Waals surface area contributed by atoms with Crippen LogP contribution < -0.4 is 5.32 Å². The molecule has 0 aliphatic carbocycles. The summed E-state index contributed by atoms with van der Waals surface area (Å²) in [5.74, 6) is 0.931. The molecular formula is C15H11Cl2N3O. The van der Waals surface area contributed by atoms with Crippen molar-refractivity contribution in [3.8, 4) is 22.8 Å². The van der Waals surface area contributed by atoms with Crippen LogP contribution in [-0.2, 0) is 0 Å². The highest BCUT2D eigenvalue weighted by atomic mass is 35.5. The molecule has 21 heavy (non-hydrogen) atoms. The zero-order valence-electron chi connectivity index (χ0n) is 11.1. The third kappa shape index (κ3) is 2.86. The SMILES string of the molecule is CNc1ccc(-c2nc(-c3ccc(Cl)c(Cl)c3)no2)cc1. The lowest BCUT2D eigenvalue weighted by molar-refractivity contribution is 0.432. The van der Waals surface area contributed by atoms with Gasteiger partial charge in [-0.05, 0) is 42.5 Å². The second kappa shape index (κ2) is 5.76. The molecule has 0 saturated heterocycles. The van der Waals surface area contributed by atoms with E-state index in [-0.39, 0.29) is 0 Å². The highest BCUT2D eigenvalue weighted by Crippen LogP contribution is 2.28. The van der Waals surface area contributed by atoms with E-state index in [2.05, 4.69) is 15.5 Å². The minimum absolute atomic E-state index is 0.457. The maximum Gasteiger partial charge on any atom is 0.258 e. The number of nitrogens with one attached hydrogen (secondary N) is 1. The molecule has 3 aromatic rings. The lowest BCUT2D eigenvalue weighted by Crippen LogP contribution is -1.87.